The molecule has 0 saturated heterocycles. The van der Waals surface area contributed by atoms with Gasteiger partial charge in [0.25, 0.3) is 0 Å². The van der Waals surface area contributed by atoms with Crippen molar-refractivity contribution in [2.75, 3.05) is 11.5 Å². The van der Waals surface area contributed by atoms with Gasteiger partial charge in [-0.3, -0.25) is 0 Å². The van der Waals surface area contributed by atoms with Crippen LogP contribution in [0.1, 0.15) is 88.2 Å². The van der Waals surface area contributed by atoms with Crippen molar-refractivity contribution in [3.8, 4) is 5.75 Å². The first kappa shape index (κ1) is 25.2. The van der Waals surface area contributed by atoms with Gasteiger partial charge in [-0.15, -0.1) is 0 Å². The van der Waals surface area contributed by atoms with Crippen LogP contribution in [0.5, 0.6) is 5.75 Å². The molecule has 0 spiro atoms. The van der Waals surface area contributed by atoms with Gasteiger partial charge in [-0.2, -0.15) is 0 Å². The molecule has 2 nitrogen and oxygen atoms in total. The van der Waals surface area contributed by atoms with Crippen LogP contribution in [0.2, 0.25) is 0 Å². The van der Waals surface area contributed by atoms with E-state index < -0.39 is 0 Å². The van der Waals surface area contributed by atoms with E-state index in [0.717, 1.165) is 12.3 Å². The topological polar surface area (TPSA) is 13.1 Å². The van der Waals surface area contributed by atoms with Crippen molar-refractivity contribution in [3.63, 3.8) is 0 Å². The third-order valence-corrected chi connectivity index (χ3v) is 6.56. The molecule has 1 heterocycles. The molecule has 1 aromatic heterocycles. The van der Waals surface area contributed by atoms with Crippen molar-refractivity contribution >= 4 is 22.6 Å². The highest BCUT2D eigenvalue weighted by Crippen LogP contribution is 2.14. The molecule has 0 bridgehead atoms. The van der Waals surface area contributed by atoms with Crippen molar-refractivity contribution < 1.29 is 9.30 Å². The van der Waals surface area contributed by atoms with E-state index in [1.165, 1.54) is 99.0 Å². The van der Waals surface area contributed by atoms with Crippen LogP contribution in [-0.4, -0.2) is 11.5 Å². The normalized spacial score (nSPS) is 11.0. The van der Waals surface area contributed by atoms with Gasteiger partial charge in [0.2, 0.25) is 0 Å². The van der Waals surface area contributed by atoms with Crippen LogP contribution in [-0.2, 0) is 13.0 Å². The first-order valence-electron chi connectivity index (χ1n) is 12.0. The number of rotatable bonds is 17. The molecule has 0 aliphatic carbocycles. The van der Waals surface area contributed by atoms with E-state index in [0.29, 0.717) is 0 Å². The summed E-state index contributed by atoms with van der Waals surface area (Å²) in [7, 11) is 1.71. The Morgan fingerprint density at radius 2 is 1.27 bits per heavy atom. The van der Waals surface area contributed by atoms with Crippen molar-refractivity contribution in [3.05, 3.63) is 59.9 Å². The van der Waals surface area contributed by atoms with Crippen molar-refractivity contribution in [2.24, 2.45) is 0 Å². The number of halogens is 1. The van der Waals surface area contributed by atoms with Gasteiger partial charge in [0.15, 0.2) is 18.9 Å². The Balaban J connectivity index is 1.51. The summed E-state index contributed by atoms with van der Waals surface area (Å²) in [4.78, 5) is 0. The van der Waals surface area contributed by atoms with E-state index in [-0.39, 0.29) is 0 Å². The average Bonchev–Trinajstić information content (AvgIpc) is 2.78. The maximum Gasteiger partial charge on any atom is 0.173 e. The first-order chi connectivity index (χ1) is 14.8. The van der Waals surface area contributed by atoms with Gasteiger partial charge in [-0.05, 0) is 54.0 Å². The van der Waals surface area contributed by atoms with Crippen molar-refractivity contribution in [1.29, 1.82) is 0 Å². The number of benzene rings is 1. The van der Waals surface area contributed by atoms with E-state index in [1.807, 2.05) is 12.1 Å². The summed E-state index contributed by atoms with van der Waals surface area (Å²) in [6.07, 6.45) is 22.7. The van der Waals surface area contributed by atoms with Crippen LogP contribution < -0.4 is 9.30 Å². The van der Waals surface area contributed by atoms with Crippen LogP contribution in [0.25, 0.3) is 0 Å². The molecule has 0 aliphatic rings. The van der Waals surface area contributed by atoms with Crippen LogP contribution in [0, 0.1) is 0 Å². The average molecular weight is 523 g/mol. The van der Waals surface area contributed by atoms with Crippen LogP contribution in [0.3, 0.4) is 0 Å². The Labute approximate surface area is 198 Å². The minimum absolute atomic E-state index is 0.913. The minimum atomic E-state index is 0.913. The van der Waals surface area contributed by atoms with Gasteiger partial charge < -0.3 is 4.74 Å². The predicted molar refractivity (Wildman–Crippen MR) is 137 cm³/mol. The Morgan fingerprint density at radius 3 is 1.83 bits per heavy atom. The number of aromatic nitrogens is 1. The number of nitrogens with zero attached hydrogens (tertiary/aromatic N) is 1. The van der Waals surface area contributed by atoms with Gasteiger partial charge in [-0.1, -0.05) is 86.8 Å². The third kappa shape index (κ3) is 11.3. The number of aryl methyl sites for hydroxylation is 1. The molecular formula is C27H41INO+. The van der Waals surface area contributed by atoms with E-state index >= 15 is 0 Å². The summed E-state index contributed by atoms with van der Waals surface area (Å²) in [5.41, 5.74) is 2.76. The fourth-order valence-corrected chi connectivity index (χ4v) is 4.49. The number of methoxy groups -OCH3 is 1. The van der Waals surface area contributed by atoms with E-state index in [4.69, 9.17) is 4.74 Å². The molecule has 0 saturated carbocycles. The smallest absolute Gasteiger partial charge is 0.173 e. The molecule has 1 aromatic carbocycles. The number of unbranched alkanes of at least 4 members (excludes halogenated alkanes) is 11. The summed E-state index contributed by atoms with van der Waals surface area (Å²) in [6, 6.07) is 12.8. The summed E-state index contributed by atoms with van der Waals surface area (Å²) in [6.45, 7) is 0.913. The van der Waals surface area contributed by atoms with Gasteiger partial charge >= 0.3 is 0 Å². The zero-order valence-corrected chi connectivity index (χ0v) is 21.1. The molecule has 0 amide bonds. The highest BCUT2D eigenvalue weighted by Gasteiger charge is 2.05. The highest BCUT2D eigenvalue weighted by molar-refractivity contribution is 14.1. The lowest BCUT2D eigenvalue weighted by Crippen LogP contribution is -2.33. The fourth-order valence-electron chi connectivity index (χ4n) is 3.96. The zero-order valence-electron chi connectivity index (χ0n) is 19.0. The Kier molecular flexibility index (Phi) is 13.9. The van der Waals surface area contributed by atoms with Crippen LogP contribution in [0.15, 0.2) is 48.8 Å². The van der Waals surface area contributed by atoms with Gasteiger partial charge in [0.1, 0.15) is 5.75 Å². The number of hydrogen-bond acceptors (Lipinski definition) is 1. The lowest BCUT2D eigenvalue weighted by molar-refractivity contribution is -0.688. The van der Waals surface area contributed by atoms with Gasteiger partial charge in [0.05, 0.1) is 7.11 Å². The Hall–Kier alpha value is -1.10. The lowest BCUT2D eigenvalue weighted by atomic mass is 10.0. The molecule has 166 valence electrons. The first-order valence-corrected chi connectivity index (χ1v) is 13.5. The van der Waals surface area contributed by atoms with Crippen LogP contribution >= 0.6 is 22.6 Å². The molecular weight excluding hydrogens is 481 g/mol. The third-order valence-electron chi connectivity index (χ3n) is 5.79. The second-order valence-corrected chi connectivity index (χ2v) is 9.49. The number of alkyl halides is 1. The number of ether oxygens (including phenoxy) is 1. The summed E-state index contributed by atoms with van der Waals surface area (Å²) < 4.78 is 8.86. The highest BCUT2D eigenvalue weighted by atomic mass is 127. The van der Waals surface area contributed by atoms with E-state index in [9.17, 15) is 0 Å². The largest absolute Gasteiger partial charge is 0.497 e. The Bertz CT molecular complexity index is 671. The summed E-state index contributed by atoms with van der Waals surface area (Å²) in [5.74, 6) is 0.916. The number of pyridine rings is 1. The molecule has 0 radical (unpaired) electrons. The second-order valence-electron chi connectivity index (χ2n) is 8.41. The maximum atomic E-state index is 5.24. The second kappa shape index (κ2) is 16.6. The molecule has 0 atom stereocenters. The predicted octanol–water partition coefficient (Wildman–Crippen LogP) is 7.69. The Morgan fingerprint density at radius 1 is 0.700 bits per heavy atom. The van der Waals surface area contributed by atoms with Gasteiger partial charge in [0, 0.05) is 17.2 Å². The molecule has 30 heavy (non-hydrogen) atoms. The monoisotopic (exact) mass is 522 g/mol. The molecule has 0 aliphatic heterocycles. The minimum Gasteiger partial charge on any atom is -0.497 e. The number of hydrogen-bond donors (Lipinski definition) is 0. The fraction of sp³-hybridized carbons (Fsp3) is 0.593. The van der Waals surface area contributed by atoms with Gasteiger partial charge in [-0.25, -0.2) is 4.57 Å². The summed E-state index contributed by atoms with van der Waals surface area (Å²) in [5, 5.41) is 0. The summed E-state index contributed by atoms with van der Waals surface area (Å²) >= 11 is 2.49. The van der Waals surface area contributed by atoms with Crippen molar-refractivity contribution in [2.45, 2.75) is 90.0 Å². The molecule has 3 heteroatoms. The molecule has 0 N–H and O–H groups in total. The van der Waals surface area contributed by atoms with E-state index in [1.54, 1.807) is 7.11 Å². The van der Waals surface area contributed by atoms with Crippen molar-refractivity contribution in [1.82, 2.24) is 0 Å². The molecule has 2 aromatic rings. The maximum absolute atomic E-state index is 5.24. The zero-order chi connectivity index (χ0) is 21.3. The molecule has 0 unspecified atom stereocenters. The SMILES string of the molecule is COc1ccc(C[n+]2cccc(CCCCCCCCCCCCCCI)c2)cc1. The van der Waals surface area contributed by atoms with Crippen LogP contribution in [0.4, 0.5) is 0 Å². The standard InChI is InChI=1S/C27H41INO/c1-30-27-19-17-26(18-20-27)24-29-22-14-16-25(23-29)15-12-10-8-6-4-2-3-5-7-9-11-13-21-28/h14,16-20,22-23H,2-13,15,21,24H2,1H3/q+1. The van der Waals surface area contributed by atoms with E-state index in [2.05, 4.69) is 63.8 Å². The molecule has 2 rings (SSSR count). The quantitative estimate of drug-likeness (QED) is 0.0899. The lowest BCUT2D eigenvalue weighted by Gasteiger charge is -2.04. The molecule has 0 fully saturated rings.